The third kappa shape index (κ3) is 6.97. The molecule has 4 nitrogen and oxygen atoms in total. The lowest BCUT2D eigenvalue weighted by Gasteiger charge is -2.15. The van der Waals surface area contributed by atoms with E-state index in [1.54, 1.807) is 0 Å². The molecule has 6 heteroatoms. The van der Waals surface area contributed by atoms with Crippen LogP contribution in [-0.2, 0) is 14.6 Å². The van der Waals surface area contributed by atoms with Crippen molar-refractivity contribution in [3.63, 3.8) is 0 Å². The van der Waals surface area contributed by atoms with E-state index in [1.165, 1.54) is 31.0 Å². The van der Waals surface area contributed by atoms with E-state index in [9.17, 15) is 13.2 Å². The van der Waals surface area contributed by atoms with Crippen molar-refractivity contribution in [3.8, 4) is 0 Å². The molecule has 2 atom stereocenters. The van der Waals surface area contributed by atoms with Crippen molar-refractivity contribution in [1.29, 1.82) is 0 Å². The second-order valence-electron chi connectivity index (χ2n) is 5.56. The van der Waals surface area contributed by atoms with Crippen LogP contribution in [0.5, 0.6) is 0 Å². The average molecular weight is 322 g/mol. The Morgan fingerprint density at radius 3 is 2.70 bits per heavy atom. The number of sulfone groups is 1. The molecule has 20 heavy (non-hydrogen) atoms. The van der Waals surface area contributed by atoms with Gasteiger partial charge in [-0.3, -0.25) is 4.79 Å². The third-order valence-electron chi connectivity index (χ3n) is 3.77. The molecule has 0 aromatic rings. The summed E-state index contributed by atoms with van der Waals surface area (Å²) in [4.78, 5) is 11.8. The summed E-state index contributed by atoms with van der Waals surface area (Å²) in [6.07, 6.45) is 5.35. The van der Waals surface area contributed by atoms with Gasteiger partial charge in [0.1, 0.15) is 0 Å². The van der Waals surface area contributed by atoms with Crippen molar-refractivity contribution in [2.45, 2.75) is 51.2 Å². The molecule has 1 aliphatic rings. The molecule has 1 heterocycles. The molecular formula is C14H27NO3S2. The van der Waals surface area contributed by atoms with Crippen LogP contribution < -0.4 is 5.32 Å². The van der Waals surface area contributed by atoms with Gasteiger partial charge in [0.15, 0.2) is 9.84 Å². The zero-order valence-corrected chi connectivity index (χ0v) is 14.2. The number of unbranched alkanes of at least 4 members (excludes halogenated alkanes) is 1. The zero-order valence-electron chi connectivity index (χ0n) is 12.6. The number of amides is 1. The summed E-state index contributed by atoms with van der Waals surface area (Å²) in [6.45, 7) is 5.08. The van der Waals surface area contributed by atoms with Crippen LogP contribution >= 0.6 is 11.8 Å². The Labute approximate surface area is 127 Å². The molecule has 0 radical (unpaired) electrons. The molecule has 0 aliphatic carbocycles. The molecule has 0 bridgehead atoms. The van der Waals surface area contributed by atoms with Gasteiger partial charge in [-0.05, 0) is 18.8 Å². The van der Waals surface area contributed by atoms with Gasteiger partial charge >= 0.3 is 0 Å². The topological polar surface area (TPSA) is 63.2 Å². The van der Waals surface area contributed by atoms with E-state index in [-0.39, 0.29) is 22.7 Å². The molecule has 1 aliphatic heterocycles. The standard InChI is InChI=1S/C14H27NO3S2/c1-3-5-6-12(4-2)9-15-14(16)10-19-13-7-8-20(17,18)11-13/h12-13H,3-11H2,1-2H3,(H,15,16). The fraction of sp³-hybridized carbons (Fsp3) is 0.929. The average Bonchev–Trinajstić information content (AvgIpc) is 2.76. The smallest absolute Gasteiger partial charge is 0.230 e. The van der Waals surface area contributed by atoms with Gasteiger partial charge in [-0.2, -0.15) is 0 Å². The van der Waals surface area contributed by atoms with Crippen molar-refractivity contribution >= 4 is 27.5 Å². The van der Waals surface area contributed by atoms with Crippen LogP contribution in [0.4, 0.5) is 0 Å². The minimum absolute atomic E-state index is 0.0363. The highest BCUT2D eigenvalue weighted by molar-refractivity contribution is 8.02. The second kappa shape index (κ2) is 8.93. The first-order chi connectivity index (χ1) is 9.46. The highest BCUT2D eigenvalue weighted by Gasteiger charge is 2.28. The molecule has 118 valence electrons. The van der Waals surface area contributed by atoms with Gasteiger partial charge in [-0.15, -0.1) is 11.8 Å². The summed E-state index contributed by atoms with van der Waals surface area (Å²) in [7, 11) is -2.84. The molecule has 2 unspecified atom stereocenters. The monoisotopic (exact) mass is 321 g/mol. The van der Waals surface area contributed by atoms with E-state index in [4.69, 9.17) is 0 Å². The lowest BCUT2D eigenvalue weighted by atomic mass is 9.99. The lowest BCUT2D eigenvalue weighted by molar-refractivity contribution is -0.118. The second-order valence-corrected chi connectivity index (χ2v) is 9.07. The Morgan fingerprint density at radius 2 is 2.15 bits per heavy atom. The van der Waals surface area contributed by atoms with Gasteiger partial charge in [-0.25, -0.2) is 8.42 Å². The minimum atomic E-state index is -2.84. The molecule has 1 N–H and O–H groups in total. The van der Waals surface area contributed by atoms with Gasteiger partial charge in [0, 0.05) is 11.8 Å². The molecule has 0 aromatic heterocycles. The van der Waals surface area contributed by atoms with E-state index in [1.807, 2.05) is 0 Å². The zero-order chi connectivity index (χ0) is 15.0. The van der Waals surface area contributed by atoms with Gasteiger partial charge in [0.25, 0.3) is 0 Å². The van der Waals surface area contributed by atoms with Crippen LogP contribution in [0.1, 0.15) is 46.0 Å². The van der Waals surface area contributed by atoms with Gasteiger partial charge in [0.05, 0.1) is 17.3 Å². The maximum Gasteiger partial charge on any atom is 0.230 e. The number of thioether (sulfide) groups is 1. The number of rotatable bonds is 9. The van der Waals surface area contributed by atoms with Crippen molar-refractivity contribution in [3.05, 3.63) is 0 Å². The minimum Gasteiger partial charge on any atom is -0.355 e. The summed E-state index contributed by atoms with van der Waals surface area (Å²) in [5.41, 5.74) is 0. The molecule has 1 amide bonds. The Kier molecular flexibility index (Phi) is 7.95. The Morgan fingerprint density at radius 1 is 1.40 bits per heavy atom. The molecule has 1 fully saturated rings. The van der Waals surface area contributed by atoms with Crippen LogP contribution in [-0.4, -0.2) is 43.4 Å². The Balaban J connectivity index is 2.17. The number of hydrogen-bond acceptors (Lipinski definition) is 4. The molecule has 0 saturated carbocycles. The van der Waals surface area contributed by atoms with E-state index in [0.717, 1.165) is 13.0 Å². The first-order valence-corrected chi connectivity index (χ1v) is 10.4. The SMILES string of the molecule is CCCCC(CC)CNC(=O)CSC1CCS(=O)(=O)C1. The Bertz CT molecular complexity index is 395. The van der Waals surface area contributed by atoms with E-state index in [2.05, 4.69) is 19.2 Å². The molecule has 0 spiro atoms. The van der Waals surface area contributed by atoms with Crippen LogP contribution in [0.15, 0.2) is 0 Å². The number of carbonyl (C=O) groups is 1. The first kappa shape index (κ1) is 17.8. The molecule has 0 aromatic carbocycles. The van der Waals surface area contributed by atoms with Crippen molar-refractivity contribution in [2.75, 3.05) is 23.8 Å². The fourth-order valence-electron chi connectivity index (χ4n) is 2.34. The summed E-state index contributed by atoms with van der Waals surface area (Å²) < 4.78 is 22.7. The van der Waals surface area contributed by atoms with Crippen LogP contribution in [0.3, 0.4) is 0 Å². The molecular weight excluding hydrogens is 294 g/mol. The maximum absolute atomic E-state index is 11.8. The van der Waals surface area contributed by atoms with E-state index < -0.39 is 9.84 Å². The molecule has 1 saturated heterocycles. The van der Waals surface area contributed by atoms with Crippen molar-refractivity contribution in [2.24, 2.45) is 5.92 Å². The van der Waals surface area contributed by atoms with Gasteiger partial charge in [0.2, 0.25) is 5.91 Å². The number of nitrogens with one attached hydrogen (secondary N) is 1. The molecule has 1 rings (SSSR count). The third-order valence-corrected chi connectivity index (χ3v) is 7.05. The quantitative estimate of drug-likeness (QED) is 0.707. The van der Waals surface area contributed by atoms with Crippen LogP contribution in [0.25, 0.3) is 0 Å². The van der Waals surface area contributed by atoms with Crippen LogP contribution in [0.2, 0.25) is 0 Å². The summed E-state index contributed by atoms with van der Waals surface area (Å²) in [6, 6.07) is 0. The van der Waals surface area contributed by atoms with E-state index in [0.29, 0.717) is 18.1 Å². The predicted molar refractivity (Wildman–Crippen MR) is 85.8 cm³/mol. The fourth-order valence-corrected chi connectivity index (χ4v) is 5.81. The van der Waals surface area contributed by atoms with Gasteiger partial charge < -0.3 is 5.32 Å². The van der Waals surface area contributed by atoms with Gasteiger partial charge in [-0.1, -0.05) is 33.1 Å². The van der Waals surface area contributed by atoms with E-state index >= 15 is 0 Å². The Hall–Kier alpha value is -0.230. The normalized spacial score (nSPS) is 22.6. The van der Waals surface area contributed by atoms with Crippen LogP contribution in [0, 0.1) is 5.92 Å². The lowest BCUT2D eigenvalue weighted by Crippen LogP contribution is -2.31. The number of hydrogen-bond donors (Lipinski definition) is 1. The summed E-state index contributed by atoms with van der Waals surface area (Å²) in [5, 5.41) is 3.08. The first-order valence-electron chi connectivity index (χ1n) is 7.55. The number of carbonyl (C=O) groups excluding carboxylic acids is 1. The van der Waals surface area contributed by atoms with Crippen molar-refractivity contribution in [1.82, 2.24) is 5.32 Å². The largest absolute Gasteiger partial charge is 0.355 e. The predicted octanol–water partition coefficient (Wildman–Crippen LogP) is 2.24. The summed E-state index contributed by atoms with van der Waals surface area (Å²) >= 11 is 1.48. The maximum atomic E-state index is 11.8. The highest BCUT2D eigenvalue weighted by atomic mass is 32.2. The highest BCUT2D eigenvalue weighted by Crippen LogP contribution is 2.24. The summed E-state index contributed by atoms with van der Waals surface area (Å²) in [5.74, 6) is 1.50. The van der Waals surface area contributed by atoms with Crippen molar-refractivity contribution < 1.29 is 13.2 Å².